The van der Waals surface area contributed by atoms with Crippen LogP contribution >= 0.6 is 11.6 Å². The molecule has 0 aromatic heterocycles. The van der Waals surface area contributed by atoms with E-state index in [1.54, 1.807) is 18.2 Å². The minimum absolute atomic E-state index is 0.0346. The molecule has 110 valence electrons. The summed E-state index contributed by atoms with van der Waals surface area (Å²) in [6.45, 7) is 0.919. The average molecular weight is 297 g/mol. The Balaban J connectivity index is 2.03. The lowest BCUT2D eigenvalue weighted by atomic mass is 9.74. The fourth-order valence-electron chi connectivity index (χ4n) is 2.81. The summed E-state index contributed by atoms with van der Waals surface area (Å²) in [7, 11) is 0. The molecule has 0 spiro atoms. The number of hydrogen-bond donors (Lipinski definition) is 3. The van der Waals surface area contributed by atoms with Gasteiger partial charge in [-0.1, -0.05) is 30.9 Å². The number of aliphatic hydroxyl groups excluding tert-OH is 1. The van der Waals surface area contributed by atoms with Crippen LogP contribution in [0.3, 0.4) is 0 Å². The first-order valence-corrected chi connectivity index (χ1v) is 7.38. The first-order valence-electron chi connectivity index (χ1n) is 7.00. The molecule has 0 radical (unpaired) electrons. The van der Waals surface area contributed by atoms with E-state index in [1.165, 1.54) is 19.3 Å². The predicted octanol–water partition coefficient (Wildman–Crippen LogP) is 2.79. The van der Waals surface area contributed by atoms with Crippen LogP contribution in [0.2, 0.25) is 5.02 Å². The highest BCUT2D eigenvalue weighted by molar-refractivity contribution is 6.34. The van der Waals surface area contributed by atoms with E-state index in [0.29, 0.717) is 10.6 Å². The van der Waals surface area contributed by atoms with Gasteiger partial charge in [-0.15, -0.1) is 0 Å². The molecule has 20 heavy (non-hydrogen) atoms. The Morgan fingerprint density at radius 2 is 2.05 bits per heavy atom. The molecule has 0 unspecified atom stereocenters. The molecule has 1 saturated carbocycles. The maximum absolute atomic E-state index is 11.1. The first kappa shape index (κ1) is 15.1. The van der Waals surface area contributed by atoms with Gasteiger partial charge >= 0.3 is 0 Å². The molecule has 0 aliphatic heterocycles. The van der Waals surface area contributed by atoms with Crippen molar-refractivity contribution in [3.05, 3.63) is 28.8 Å². The summed E-state index contributed by atoms with van der Waals surface area (Å²) in [5, 5.41) is 13.3. The highest BCUT2D eigenvalue weighted by Gasteiger charge is 2.31. The van der Waals surface area contributed by atoms with Gasteiger partial charge in [0.05, 0.1) is 17.2 Å². The molecular weight excluding hydrogens is 276 g/mol. The standard InChI is InChI=1S/C15H21ClN2O2/c16-13-8-11(4-5-12(13)14(17)20)18-9-15(10-19)6-2-1-3-7-15/h4-5,8,18-19H,1-3,6-7,9-10H2,(H2,17,20). The second kappa shape index (κ2) is 6.46. The van der Waals surface area contributed by atoms with Crippen LogP contribution in [0.1, 0.15) is 42.5 Å². The Morgan fingerprint density at radius 1 is 1.35 bits per heavy atom. The van der Waals surface area contributed by atoms with Crippen molar-refractivity contribution in [2.45, 2.75) is 32.1 Å². The third-order valence-electron chi connectivity index (χ3n) is 4.15. The molecule has 0 heterocycles. The molecule has 5 heteroatoms. The molecular formula is C15H21ClN2O2. The zero-order valence-electron chi connectivity index (χ0n) is 11.5. The molecule has 1 amide bonds. The summed E-state index contributed by atoms with van der Waals surface area (Å²) < 4.78 is 0. The molecule has 4 nitrogen and oxygen atoms in total. The zero-order chi connectivity index (χ0) is 14.6. The van der Waals surface area contributed by atoms with Crippen LogP contribution in [-0.4, -0.2) is 24.2 Å². The molecule has 1 aliphatic carbocycles. The summed E-state index contributed by atoms with van der Waals surface area (Å²) in [6.07, 6.45) is 5.68. The van der Waals surface area contributed by atoms with E-state index in [1.807, 2.05) is 0 Å². The van der Waals surface area contributed by atoms with Gasteiger partial charge in [-0.3, -0.25) is 4.79 Å². The topological polar surface area (TPSA) is 75.4 Å². The molecule has 1 aromatic rings. The number of aliphatic hydroxyl groups is 1. The van der Waals surface area contributed by atoms with Crippen molar-refractivity contribution in [3.63, 3.8) is 0 Å². The van der Waals surface area contributed by atoms with Gasteiger partial charge in [0, 0.05) is 17.6 Å². The first-order chi connectivity index (χ1) is 9.56. The summed E-state index contributed by atoms with van der Waals surface area (Å²) in [5.74, 6) is -0.527. The Labute approximate surface area is 124 Å². The van der Waals surface area contributed by atoms with Gasteiger partial charge in [0.25, 0.3) is 0 Å². The highest BCUT2D eigenvalue weighted by Crippen LogP contribution is 2.36. The van der Waals surface area contributed by atoms with Crippen molar-refractivity contribution in [2.24, 2.45) is 11.1 Å². The van der Waals surface area contributed by atoms with Crippen molar-refractivity contribution in [1.29, 1.82) is 0 Å². The largest absolute Gasteiger partial charge is 0.396 e. The van der Waals surface area contributed by atoms with Crippen LogP contribution in [0.25, 0.3) is 0 Å². The Morgan fingerprint density at radius 3 is 2.60 bits per heavy atom. The van der Waals surface area contributed by atoms with Crippen LogP contribution in [0.15, 0.2) is 18.2 Å². The number of primary amides is 1. The smallest absolute Gasteiger partial charge is 0.250 e. The average Bonchev–Trinajstić information content (AvgIpc) is 2.46. The fraction of sp³-hybridized carbons (Fsp3) is 0.533. The van der Waals surface area contributed by atoms with Gasteiger partial charge in [0.1, 0.15) is 0 Å². The lowest BCUT2D eigenvalue weighted by Gasteiger charge is -2.36. The van der Waals surface area contributed by atoms with E-state index in [0.717, 1.165) is 25.1 Å². The third kappa shape index (κ3) is 3.44. The molecule has 1 fully saturated rings. The van der Waals surface area contributed by atoms with Gasteiger partial charge in [0.15, 0.2) is 0 Å². The number of anilines is 1. The van der Waals surface area contributed by atoms with Crippen LogP contribution in [0, 0.1) is 5.41 Å². The van der Waals surface area contributed by atoms with Crippen LogP contribution in [0.5, 0.6) is 0 Å². The summed E-state index contributed by atoms with van der Waals surface area (Å²) in [6, 6.07) is 5.12. The van der Waals surface area contributed by atoms with Crippen LogP contribution in [-0.2, 0) is 0 Å². The van der Waals surface area contributed by atoms with Crippen LogP contribution < -0.4 is 11.1 Å². The fourth-order valence-corrected chi connectivity index (χ4v) is 3.08. The molecule has 0 bridgehead atoms. The quantitative estimate of drug-likeness (QED) is 0.782. The van der Waals surface area contributed by atoms with E-state index in [9.17, 15) is 9.90 Å². The van der Waals surface area contributed by atoms with Gasteiger partial charge in [0.2, 0.25) is 5.91 Å². The number of carbonyl (C=O) groups is 1. The third-order valence-corrected chi connectivity index (χ3v) is 4.46. The molecule has 1 aromatic carbocycles. The van der Waals surface area contributed by atoms with E-state index < -0.39 is 5.91 Å². The number of nitrogens with two attached hydrogens (primary N) is 1. The summed E-state index contributed by atoms with van der Waals surface area (Å²) in [4.78, 5) is 11.1. The van der Waals surface area contributed by atoms with E-state index in [-0.39, 0.29) is 12.0 Å². The second-order valence-corrected chi connectivity index (χ2v) is 6.04. The number of benzene rings is 1. The van der Waals surface area contributed by atoms with Gasteiger partial charge in [-0.2, -0.15) is 0 Å². The number of amides is 1. The number of rotatable bonds is 5. The van der Waals surface area contributed by atoms with E-state index in [2.05, 4.69) is 5.32 Å². The molecule has 1 aliphatic rings. The van der Waals surface area contributed by atoms with Crippen molar-refractivity contribution >= 4 is 23.2 Å². The highest BCUT2D eigenvalue weighted by atomic mass is 35.5. The van der Waals surface area contributed by atoms with Crippen molar-refractivity contribution in [3.8, 4) is 0 Å². The zero-order valence-corrected chi connectivity index (χ0v) is 12.2. The number of carbonyl (C=O) groups excluding carboxylic acids is 1. The monoisotopic (exact) mass is 296 g/mol. The number of hydrogen-bond acceptors (Lipinski definition) is 3. The summed E-state index contributed by atoms with van der Waals surface area (Å²) in [5.41, 5.74) is 6.36. The van der Waals surface area contributed by atoms with Crippen molar-refractivity contribution < 1.29 is 9.90 Å². The van der Waals surface area contributed by atoms with E-state index in [4.69, 9.17) is 17.3 Å². The molecule has 4 N–H and O–H groups in total. The lowest BCUT2D eigenvalue weighted by Crippen LogP contribution is -2.35. The van der Waals surface area contributed by atoms with Gasteiger partial charge < -0.3 is 16.2 Å². The predicted molar refractivity (Wildman–Crippen MR) is 81.1 cm³/mol. The Kier molecular flexibility index (Phi) is 4.89. The molecule has 0 atom stereocenters. The minimum Gasteiger partial charge on any atom is -0.396 e. The van der Waals surface area contributed by atoms with Gasteiger partial charge in [-0.25, -0.2) is 0 Å². The number of halogens is 1. The van der Waals surface area contributed by atoms with E-state index >= 15 is 0 Å². The molecule has 0 saturated heterocycles. The maximum Gasteiger partial charge on any atom is 0.250 e. The molecule has 2 rings (SSSR count). The SMILES string of the molecule is NC(=O)c1ccc(NCC2(CO)CCCCC2)cc1Cl. The minimum atomic E-state index is -0.527. The Bertz CT molecular complexity index is 485. The lowest BCUT2D eigenvalue weighted by molar-refractivity contribution is 0.0944. The van der Waals surface area contributed by atoms with Gasteiger partial charge in [-0.05, 0) is 31.0 Å². The second-order valence-electron chi connectivity index (χ2n) is 5.63. The Hall–Kier alpha value is -1.26. The van der Waals surface area contributed by atoms with Crippen molar-refractivity contribution in [1.82, 2.24) is 0 Å². The maximum atomic E-state index is 11.1. The van der Waals surface area contributed by atoms with Crippen LogP contribution in [0.4, 0.5) is 5.69 Å². The normalized spacial score (nSPS) is 17.7. The van der Waals surface area contributed by atoms with Crippen molar-refractivity contribution in [2.75, 3.05) is 18.5 Å². The number of nitrogens with one attached hydrogen (secondary N) is 1. The summed E-state index contributed by atoms with van der Waals surface area (Å²) >= 11 is 6.02.